The fourth-order valence-corrected chi connectivity index (χ4v) is 2.57. The van der Waals surface area contributed by atoms with Gasteiger partial charge in [0.15, 0.2) is 0 Å². The van der Waals surface area contributed by atoms with Gasteiger partial charge in [0.2, 0.25) is 0 Å². The molecule has 1 aliphatic heterocycles. The van der Waals surface area contributed by atoms with Crippen molar-refractivity contribution in [1.82, 2.24) is 10.6 Å². The van der Waals surface area contributed by atoms with Gasteiger partial charge in [-0.25, -0.2) is 13.2 Å². The molecule has 0 spiro atoms. The van der Waals surface area contributed by atoms with E-state index in [1.54, 1.807) is 7.11 Å². The van der Waals surface area contributed by atoms with Crippen molar-refractivity contribution in [3.63, 3.8) is 0 Å². The Labute approximate surface area is 132 Å². The number of hydrogen-bond donors (Lipinski definition) is 2. The first-order valence-corrected chi connectivity index (χ1v) is 6.64. The second-order valence-corrected chi connectivity index (χ2v) is 5.17. The zero-order valence-corrected chi connectivity index (χ0v) is 12.9. The topological polar surface area (TPSA) is 50.4 Å². The molecule has 0 aliphatic carbocycles. The molecule has 1 atom stereocenters. The maximum absolute atomic E-state index is 13.5. The van der Waals surface area contributed by atoms with E-state index in [0.717, 1.165) is 19.4 Å². The molecule has 0 bridgehead atoms. The highest BCUT2D eigenvalue weighted by Gasteiger charge is 2.34. The predicted molar refractivity (Wildman–Crippen MR) is 77.7 cm³/mol. The Kier molecular flexibility index (Phi) is 6.65. The van der Waals surface area contributed by atoms with Gasteiger partial charge in [-0.1, -0.05) is 0 Å². The van der Waals surface area contributed by atoms with Crippen molar-refractivity contribution in [1.29, 1.82) is 0 Å². The van der Waals surface area contributed by atoms with Gasteiger partial charge >= 0.3 is 0 Å². The lowest BCUT2D eigenvalue weighted by Crippen LogP contribution is -2.53. The molecule has 1 unspecified atom stereocenters. The molecular formula is C14H18ClF3N2O2. The number of ether oxygens (including phenoxy) is 1. The van der Waals surface area contributed by atoms with E-state index in [-0.39, 0.29) is 19.0 Å². The number of carbonyl (C=O) groups is 1. The van der Waals surface area contributed by atoms with Crippen LogP contribution in [-0.2, 0) is 4.74 Å². The van der Waals surface area contributed by atoms with Gasteiger partial charge in [-0.2, -0.15) is 0 Å². The maximum atomic E-state index is 13.5. The number of benzene rings is 1. The van der Waals surface area contributed by atoms with Crippen molar-refractivity contribution < 1.29 is 22.7 Å². The summed E-state index contributed by atoms with van der Waals surface area (Å²) in [7, 11) is 1.54. The quantitative estimate of drug-likeness (QED) is 0.863. The molecule has 0 aromatic heterocycles. The zero-order chi connectivity index (χ0) is 15.5. The summed E-state index contributed by atoms with van der Waals surface area (Å²) in [6.07, 6.45) is 1.72. The van der Waals surface area contributed by atoms with Crippen LogP contribution in [0.2, 0.25) is 0 Å². The molecule has 4 nitrogen and oxygen atoms in total. The summed E-state index contributed by atoms with van der Waals surface area (Å²) in [6, 6.07) is 0.966. The number of methoxy groups -OCH3 is 1. The fourth-order valence-electron chi connectivity index (χ4n) is 2.57. The number of halogens is 4. The standard InChI is InChI=1S/C14H17F3N2O2.ClH/c1-21-8-14(3-2-4-19-14)7-18-13(20)12-10(16)5-9(15)6-11(12)17;/h5-6,19H,2-4,7-8H2,1H3,(H,18,20);1H. The number of nitrogens with one attached hydrogen (secondary N) is 2. The van der Waals surface area contributed by atoms with Gasteiger partial charge in [-0.05, 0) is 19.4 Å². The summed E-state index contributed by atoms with van der Waals surface area (Å²) >= 11 is 0. The third-order valence-electron chi connectivity index (χ3n) is 3.57. The van der Waals surface area contributed by atoms with Crippen LogP contribution in [-0.4, -0.2) is 38.3 Å². The lowest BCUT2D eigenvalue weighted by atomic mass is 9.98. The highest BCUT2D eigenvalue weighted by Crippen LogP contribution is 2.20. The summed E-state index contributed by atoms with van der Waals surface area (Å²) < 4.78 is 45.0. The van der Waals surface area contributed by atoms with E-state index in [9.17, 15) is 18.0 Å². The molecule has 1 aromatic carbocycles. The van der Waals surface area contributed by atoms with Crippen LogP contribution in [0.4, 0.5) is 13.2 Å². The first kappa shape index (κ1) is 18.7. The van der Waals surface area contributed by atoms with Gasteiger partial charge < -0.3 is 15.4 Å². The average molecular weight is 339 g/mol. The molecule has 1 heterocycles. The van der Waals surface area contributed by atoms with Crippen molar-refractivity contribution in [3.8, 4) is 0 Å². The van der Waals surface area contributed by atoms with Gasteiger partial charge in [0, 0.05) is 25.8 Å². The van der Waals surface area contributed by atoms with Crippen LogP contribution in [0, 0.1) is 17.5 Å². The van der Waals surface area contributed by atoms with Crippen LogP contribution in [0.3, 0.4) is 0 Å². The van der Waals surface area contributed by atoms with E-state index in [4.69, 9.17) is 4.74 Å². The van der Waals surface area contributed by atoms with E-state index >= 15 is 0 Å². The molecule has 8 heteroatoms. The Morgan fingerprint density at radius 2 is 2.00 bits per heavy atom. The van der Waals surface area contributed by atoms with Gasteiger partial charge in [-0.3, -0.25) is 4.79 Å². The smallest absolute Gasteiger partial charge is 0.257 e. The van der Waals surface area contributed by atoms with E-state index in [1.165, 1.54) is 0 Å². The lowest BCUT2D eigenvalue weighted by Gasteiger charge is -2.29. The zero-order valence-electron chi connectivity index (χ0n) is 12.0. The molecule has 1 aliphatic rings. The van der Waals surface area contributed by atoms with Crippen molar-refractivity contribution >= 4 is 18.3 Å². The van der Waals surface area contributed by atoms with Gasteiger partial charge in [0.25, 0.3) is 5.91 Å². The van der Waals surface area contributed by atoms with Crippen LogP contribution in [0.1, 0.15) is 23.2 Å². The van der Waals surface area contributed by atoms with Crippen LogP contribution in [0.25, 0.3) is 0 Å². The molecule has 22 heavy (non-hydrogen) atoms. The molecule has 0 radical (unpaired) electrons. The summed E-state index contributed by atoms with van der Waals surface area (Å²) in [5, 5.41) is 5.71. The first-order chi connectivity index (χ1) is 9.97. The van der Waals surface area contributed by atoms with Crippen LogP contribution >= 0.6 is 12.4 Å². The minimum absolute atomic E-state index is 0. The Hall–Kier alpha value is -1.31. The molecule has 124 valence electrons. The average Bonchev–Trinajstić information content (AvgIpc) is 2.85. The van der Waals surface area contributed by atoms with E-state index < -0.39 is 34.5 Å². The van der Waals surface area contributed by atoms with Crippen LogP contribution in [0.15, 0.2) is 12.1 Å². The van der Waals surface area contributed by atoms with Crippen molar-refractivity contribution in [2.45, 2.75) is 18.4 Å². The Bertz CT molecular complexity index is 514. The summed E-state index contributed by atoms with van der Waals surface area (Å²) in [5.41, 5.74) is -1.21. The number of carbonyl (C=O) groups excluding carboxylic acids is 1. The van der Waals surface area contributed by atoms with Crippen LogP contribution < -0.4 is 10.6 Å². The van der Waals surface area contributed by atoms with Crippen molar-refractivity contribution in [3.05, 3.63) is 35.1 Å². The highest BCUT2D eigenvalue weighted by molar-refractivity contribution is 5.94. The molecule has 1 saturated heterocycles. The number of amides is 1. The molecule has 2 rings (SSSR count). The second-order valence-electron chi connectivity index (χ2n) is 5.17. The normalized spacial score (nSPS) is 20.5. The number of rotatable bonds is 5. The minimum atomic E-state index is -1.22. The molecule has 1 aromatic rings. The number of hydrogen-bond acceptors (Lipinski definition) is 3. The predicted octanol–water partition coefficient (Wildman–Crippen LogP) is 2.02. The largest absolute Gasteiger partial charge is 0.383 e. The molecule has 1 fully saturated rings. The summed E-state index contributed by atoms with van der Waals surface area (Å²) in [5.74, 6) is -4.40. The highest BCUT2D eigenvalue weighted by atomic mass is 35.5. The fraction of sp³-hybridized carbons (Fsp3) is 0.500. The molecule has 1 amide bonds. The Morgan fingerprint density at radius 1 is 1.36 bits per heavy atom. The second kappa shape index (κ2) is 7.80. The SMILES string of the molecule is COCC1(CNC(=O)c2c(F)cc(F)cc2F)CCCN1.Cl. The molecular weight excluding hydrogens is 321 g/mol. The van der Waals surface area contributed by atoms with Gasteiger partial charge in [0.05, 0.1) is 12.1 Å². The van der Waals surface area contributed by atoms with E-state index in [2.05, 4.69) is 10.6 Å². The minimum Gasteiger partial charge on any atom is -0.383 e. The summed E-state index contributed by atoms with van der Waals surface area (Å²) in [4.78, 5) is 11.9. The van der Waals surface area contributed by atoms with Gasteiger partial charge in [-0.15, -0.1) is 12.4 Å². The maximum Gasteiger partial charge on any atom is 0.257 e. The molecule has 2 N–H and O–H groups in total. The van der Waals surface area contributed by atoms with Crippen molar-refractivity contribution in [2.24, 2.45) is 0 Å². The third-order valence-corrected chi connectivity index (χ3v) is 3.57. The summed E-state index contributed by atoms with van der Waals surface area (Å²) in [6.45, 7) is 1.34. The van der Waals surface area contributed by atoms with E-state index in [1.807, 2.05) is 0 Å². The Morgan fingerprint density at radius 3 is 2.50 bits per heavy atom. The van der Waals surface area contributed by atoms with Gasteiger partial charge in [0.1, 0.15) is 23.0 Å². The third kappa shape index (κ3) is 4.12. The van der Waals surface area contributed by atoms with E-state index in [0.29, 0.717) is 18.7 Å². The van der Waals surface area contributed by atoms with Crippen molar-refractivity contribution in [2.75, 3.05) is 26.8 Å². The first-order valence-electron chi connectivity index (χ1n) is 6.64. The molecule has 0 saturated carbocycles. The monoisotopic (exact) mass is 338 g/mol. The van der Waals surface area contributed by atoms with Crippen LogP contribution in [0.5, 0.6) is 0 Å². The lowest BCUT2D eigenvalue weighted by molar-refractivity contribution is 0.0884. The Balaban J connectivity index is 0.00000242.